The van der Waals surface area contributed by atoms with Crippen LogP contribution in [-0.2, 0) is 0 Å². The Balaban J connectivity index is 1.62. The van der Waals surface area contributed by atoms with Crippen molar-refractivity contribution in [1.29, 1.82) is 0 Å². The van der Waals surface area contributed by atoms with Gasteiger partial charge in [-0.25, -0.2) is 9.18 Å². The van der Waals surface area contributed by atoms with Crippen LogP contribution in [-0.4, -0.2) is 18.9 Å². The maximum atomic E-state index is 12.9. The smallest absolute Gasteiger partial charge is 0.343 e. The molecule has 0 radical (unpaired) electrons. The van der Waals surface area contributed by atoms with E-state index < -0.39 is 5.97 Å². The quantitative estimate of drug-likeness (QED) is 0.264. The number of allylic oxidation sites excluding steroid dienone is 1. The summed E-state index contributed by atoms with van der Waals surface area (Å²) >= 11 is 0. The van der Waals surface area contributed by atoms with Crippen molar-refractivity contribution in [3.63, 3.8) is 0 Å². The minimum Gasteiger partial charge on any atom is -0.497 e. The van der Waals surface area contributed by atoms with Crippen molar-refractivity contribution in [2.45, 2.75) is 0 Å². The summed E-state index contributed by atoms with van der Waals surface area (Å²) in [7, 11) is 1.55. The zero-order valence-electron chi connectivity index (χ0n) is 15.1. The molecule has 0 amide bonds. The lowest BCUT2D eigenvalue weighted by atomic mass is 10.1. The largest absolute Gasteiger partial charge is 0.497 e. The van der Waals surface area contributed by atoms with Crippen LogP contribution in [0.3, 0.4) is 0 Å². The summed E-state index contributed by atoms with van der Waals surface area (Å²) in [5.74, 6) is -0.0634. The van der Waals surface area contributed by atoms with Gasteiger partial charge in [-0.2, -0.15) is 0 Å². The van der Waals surface area contributed by atoms with Gasteiger partial charge in [-0.3, -0.25) is 4.79 Å². The number of halogens is 1. The summed E-state index contributed by atoms with van der Waals surface area (Å²) in [5.41, 5.74) is 1.56. The van der Waals surface area contributed by atoms with E-state index in [2.05, 4.69) is 0 Å². The Bertz CT molecular complexity index is 988. The van der Waals surface area contributed by atoms with Crippen LogP contribution in [0.15, 0.2) is 78.9 Å². The van der Waals surface area contributed by atoms with Crippen LogP contribution in [0, 0.1) is 5.82 Å². The number of rotatable bonds is 6. The van der Waals surface area contributed by atoms with Crippen molar-refractivity contribution in [2.75, 3.05) is 7.11 Å². The Hall–Kier alpha value is -3.73. The highest BCUT2D eigenvalue weighted by Crippen LogP contribution is 2.17. The number of hydrogen-bond donors (Lipinski definition) is 0. The molecule has 140 valence electrons. The van der Waals surface area contributed by atoms with Crippen LogP contribution in [0.1, 0.15) is 26.3 Å². The molecule has 0 aliphatic rings. The van der Waals surface area contributed by atoms with Crippen LogP contribution >= 0.6 is 0 Å². The molecule has 0 aromatic heterocycles. The second-order valence-electron chi connectivity index (χ2n) is 5.89. The van der Waals surface area contributed by atoms with E-state index in [0.29, 0.717) is 22.6 Å². The van der Waals surface area contributed by atoms with Crippen molar-refractivity contribution >= 4 is 17.8 Å². The molecule has 0 spiro atoms. The van der Waals surface area contributed by atoms with Crippen molar-refractivity contribution in [3.05, 3.63) is 101 Å². The fourth-order valence-corrected chi connectivity index (χ4v) is 2.42. The van der Waals surface area contributed by atoms with Gasteiger partial charge in [0.2, 0.25) is 0 Å². The van der Waals surface area contributed by atoms with Gasteiger partial charge in [0.25, 0.3) is 0 Å². The van der Waals surface area contributed by atoms with Gasteiger partial charge in [0, 0.05) is 5.56 Å². The van der Waals surface area contributed by atoms with Gasteiger partial charge in [0.15, 0.2) is 5.78 Å². The number of hydrogen-bond acceptors (Lipinski definition) is 4. The van der Waals surface area contributed by atoms with Crippen LogP contribution in [0.25, 0.3) is 6.08 Å². The topological polar surface area (TPSA) is 52.6 Å². The number of benzene rings is 3. The molecule has 0 aliphatic heterocycles. The van der Waals surface area contributed by atoms with Crippen molar-refractivity contribution in [1.82, 2.24) is 0 Å². The lowest BCUT2D eigenvalue weighted by Crippen LogP contribution is -2.08. The number of carbonyl (C=O) groups excluding carboxylic acids is 2. The van der Waals surface area contributed by atoms with Crippen molar-refractivity contribution in [3.8, 4) is 11.5 Å². The number of methoxy groups -OCH3 is 1. The normalized spacial score (nSPS) is 10.6. The Morgan fingerprint density at radius 3 is 1.96 bits per heavy atom. The second-order valence-corrected chi connectivity index (χ2v) is 5.89. The summed E-state index contributed by atoms with van der Waals surface area (Å²) in [5, 5.41) is 0. The van der Waals surface area contributed by atoms with Gasteiger partial charge >= 0.3 is 5.97 Å². The summed E-state index contributed by atoms with van der Waals surface area (Å²) in [6, 6.07) is 18.7. The third-order valence-electron chi connectivity index (χ3n) is 3.97. The van der Waals surface area contributed by atoms with Gasteiger partial charge in [-0.1, -0.05) is 18.2 Å². The van der Waals surface area contributed by atoms with E-state index in [9.17, 15) is 14.0 Å². The first-order valence-corrected chi connectivity index (χ1v) is 8.49. The standard InChI is InChI=1S/C23H17FO4/c1-27-20-11-7-18(8-12-20)23(26)28-21-13-5-17(6-14-21)22(25)15-4-16-2-9-19(24)10-3-16/h2-15H,1H3. The fourth-order valence-electron chi connectivity index (χ4n) is 2.42. The molecule has 0 atom stereocenters. The van der Waals surface area contributed by atoms with Gasteiger partial charge in [-0.05, 0) is 72.3 Å². The van der Waals surface area contributed by atoms with E-state index in [1.165, 1.54) is 18.2 Å². The van der Waals surface area contributed by atoms with E-state index >= 15 is 0 Å². The van der Waals surface area contributed by atoms with Crippen LogP contribution in [0.2, 0.25) is 0 Å². The Morgan fingerprint density at radius 1 is 0.786 bits per heavy atom. The zero-order valence-corrected chi connectivity index (χ0v) is 15.1. The molecule has 3 aromatic rings. The van der Waals surface area contributed by atoms with Gasteiger partial charge in [0.1, 0.15) is 17.3 Å². The molecule has 0 N–H and O–H groups in total. The highest BCUT2D eigenvalue weighted by molar-refractivity contribution is 6.06. The third kappa shape index (κ3) is 4.92. The highest BCUT2D eigenvalue weighted by Gasteiger charge is 2.09. The number of ketones is 1. The van der Waals surface area contributed by atoms with Crippen molar-refractivity contribution in [2.24, 2.45) is 0 Å². The minimum atomic E-state index is -0.502. The molecule has 0 saturated heterocycles. The van der Waals surface area contributed by atoms with E-state index in [-0.39, 0.29) is 11.6 Å². The molecular formula is C23H17FO4. The molecule has 5 heteroatoms. The summed E-state index contributed by atoms with van der Waals surface area (Å²) in [6.45, 7) is 0. The SMILES string of the molecule is COc1ccc(C(=O)Oc2ccc(C(=O)C=Cc3ccc(F)cc3)cc2)cc1. The lowest BCUT2D eigenvalue weighted by molar-refractivity contribution is 0.0734. The average molecular weight is 376 g/mol. The van der Waals surface area contributed by atoms with E-state index in [0.717, 1.165) is 5.56 Å². The highest BCUT2D eigenvalue weighted by atomic mass is 19.1. The number of ether oxygens (including phenoxy) is 2. The lowest BCUT2D eigenvalue weighted by Gasteiger charge is -2.06. The van der Waals surface area contributed by atoms with Crippen LogP contribution in [0.5, 0.6) is 11.5 Å². The Labute approximate surface area is 161 Å². The maximum absolute atomic E-state index is 12.9. The number of esters is 1. The Morgan fingerprint density at radius 2 is 1.36 bits per heavy atom. The first kappa shape index (κ1) is 19.0. The third-order valence-corrected chi connectivity index (χ3v) is 3.97. The minimum absolute atomic E-state index is 0.211. The number of carbonyl (C=O) groups is 2. The maximum Gasteiger partial charge on any atom is 0.343 e. The first-order chi connectivity index (χ1) is 13.5. The molecule has 0 bridgehead atoms. The van der Waals surface area contributed by atoms with Gasteiger partial charge < -0.3 is 9.47 Å². The molecule has 0 saturated carbocycles. The van der Waals surface area contributed by atoms with Crippen LogP contribution in [0.4, 0.5) is 4.39 Å². The molecule has 0 aliphatic carbocycles. The summed E-state index contributed by atoms with van der Waals surface area (Å²) in [6.07, 6.45) is 3.02. The zero-order chi connectivity index (χ0) is 19.9. The average Bonchev–Trinajstić information content (AvgIpc) is 2.73. The van der Waals surface area contributed by atoms with Gasteiger partial charge in [-0.15, -0.1) is 0 Å². The fraction of sp³-hybridized carbons (Fsp3) is 0.0435. The molecule has 4 nitrogen and oxygen atoms in total. The Kier molecular flexibility index (Phi) is 5.97. The molecule has 0 fully saturated rings. The summed E-state index contributed by atoms with van der Waals surface area (Å²) in [4.78, 5) is 24.4. The van der Waals surface area contributed by atoms with E-state index in [1.54, 1.807) is 73.8 Å². The van der Waals surface area contributed by atoms with E-state index in [1.807, 2.05) is 0 Å². The predicted molar refractivity (Wildman–Crippen MR) is 104 cm³/mol. The molecular weight excluding hydrogens is 359 g/mol. The molecule has 0 heterocycles. The molecule has 0 unspecified atom stereocenters. The molecule has 3 aromatic carbocycles. The predicted octanol–water partition coefficient (Wildman–Crippen LogP) is 4.95. The van der Waals surface area contributed by atoms with E-state index in [4.69, 9.17) is 9.47 Å². The van der Waals surface area contributed by atoms with Gasteiger partial charge in [0.05, 0.1) is 12.7 Å². The summed E-state index contributed by atoms with van der Waals surface area (Å²) < 4.78 is 23.2. The molecule has 3 rings (SSSR count). The monoisotopic (exact) mass is 376 g/mol. The second kappa shape index (κ2) is 8.77. The van der Waals surface area contributed by atoms with Crippen molar-refractivity contribution < 1.29 is 23.5 Å². The molecule has 28 heavy (non-hydrogen) atoms. The first-order valence-electron chi connectivity index (χ1n) is 8.49. The van der Waals surface area contributed by atoms with Crippen LogP contribution < -0.4 is 9.47 Å².